The van der Waals surface area contributed by atoms with Crippen molar-refractivity contribution in [2.45, 2.75) is 66.2 Å². The molecule has 0 aromatic carbocycles. The molecule has 1 aromatic heterocycles. The summed E-state index contributed by atoms with van der Waals surface area (Å²) < 4.78 is 7.83. The number of nitrogens with one attached hydrogen (secondary N) is 2. The van der Waals surface area contributed by atoms with E-state index in [1.165, 1.54) is 17.0 Å². The highest BCUT2D eigenvalue weighted by molar-refractivity contribution is 5.73. The lowest BCUT2D eigenvalue weighted by Crippen LogP contribution is -2.42. The standard InChI is InChI=1S/C21H37N5O2/c1-4-26-20-8-12-28-15-18(20)19(24-26)14-25-10-6-17(7-11-25)13-23-21(27)22-9-5-16(2)3/h16-17H,4-15H2,1-3H3,(H2,22,23,27). The number of piperidine rings is 1. The zero-order chi connectivity index (χ0) is 19.9. The zero-order valence-corrected chi connectivity index (χ0v) is 17.8. The van der Waals surface area contributed by atoms with Crippen LogP contribution < -0.4 is 10.6 Å². The van der Waals surface area contributed by atoms with Crippen LogP contribution in [0.1, 0.15) is 57.0 Å². The fourth-order valence-electron chi connectivity index (χ4n) is 4.10. The van der Waals surface area contributed by atoms with Crippen molar-refractivity contribution in [3.63, 3.8) is 0 Å². The molecule has 0 bridgehead atoms. The van der Waals surface area contributed by atoms with Crippen LogP contribution in [-0.2, 0) is 30.9 Å². The molecule has 3 heterocycles. The summed E-state index contributed by atoms with van der Waals surface area (Å²) in [6.07, 6.45) is 4.25. The maximum Gasteiger partial charge on any atom is 0.314 e. The minimum Gasteiger partial charge on any atom is -0.376 e. The number of nitrogens with zero attached hydrogens (tertiary/aromatic N) is 3. The monoisotopic (exact) mass is 391 g/mol. The van der Waals surface area contributed by atoms with Crippen LogP contribution in [-0.4, -0.2) is 53.5 Å². The maximum absolute atomic E-state index is 11.9. The Morgan fingerprint density at radius 1 is 1.29 bits per heavy atom. The highest BCUT2D eigenvalue weighted by atomic mass is 16.5. The Balaban J connectivity index is 1.40. The summed E-state index contributed by atoms with van der Waals surface area (Å²) in [4.78, 5) is 14.4. The molecular weight excluding hydrogens is 354 g/mol. The van der Waals surface area contributed by atoms with Crippen LogP contribution >= 0.6 is 0 Å². The van der Waals surface area contributed by atoms with Crippen LogP contribution in [0.2, 0.25) is 0 Å². The van der Waals surface area contributed by atoms with Gasteiger partial charge in [-0.05, 0) is 51.1 Å². The van der Waals surface area contributed by atoms with Gasteiger partial charge in [0.1, 0.15) is 0 Å². The summed E-state index contributed by atoms with van der Waals surface area (Å²) in [5.41, 5.74) is 3.87. The van der Waals surface area contributed by atoms with Crippen molar-refractivity contribution in [3.8, 4) is 0 Å². The Bertz CT molecular complexity index is 635. The van der Waals surface area contributed by atoms with E-state index < -0.39 is 0 Å². The van der Waals surface area contributed by atoms with Crippen molar-refractivity contribution in [2.75, 3.05) is 32.8 Å². The predicted molar refractivity (Wildman–Crippen MR) is 110 cm³/mol. The van der Waals surface area contributed by atoms with Gasteiger partial charge >= 0.3 is 6.03 Å². The summed E-state index contributed by atoms with van der Waals surface area (Å²) in [5, 5.41) is 10.8. The largest absolute Gasteiger partial charge is 0.376 e. The summed E-state index contributed by atoms with van der Waals surface area (Å²) in [6, 6.07) is -0.0280. The van der Waals surface area contributed by atoms with E-state index in [2.05, 4.69) is 41.0 Å². The maximum atomic E-state index is 11.9. The number of carbonyl (C=O) groups excluding carboxylic acids is 1. The Morgan fingerprint density at radius 2 is 2.07 bits per heavy atom. The first-order valence-electron chi connectivity index (χ1n) is 11.0. The smallest absolute Gasteiger partial charge is 0.314 e. The molecule has 1 fully saturated rings. The second-order valence-corrected chi connectivity index (χ2v) is 8.53. The topological polar surface area (TPSA) is 71.4 Å². The predicted octanol–water partition coefficient (Wildman–Crippen LogP) is 2.53. The molecule has 3 rings (SSSR count). The lowest BCUT2D eigenvalue weighted by molar-refractivity contribution is 0.107. The molecular formula is C21H37N5O2. The first-order valence-corrected chi connectivity index (χ1v) is 11.0. The fourth-order valence-corrected chi connectivity index (χ4v) is 4.10. The average Bonchev–Trinajstić information content (AvgIpc) is 3.05. The Labute approximate surface area is 169 Å². The van der Waals surface area contributed by atoms with Crippen molar-refractivity contribution in [2.24, 2.45) is 11.8 Å². The van der Waals surface area contributed by atoms with Crippen molar-refractivity contribution < 1.29 is 9.53 Å². The first-order chi connectivity index (χ1) is 13.6. The van der Waals surface area contributed by atoms with Gasteiger partial charge in [-0.1, -0.05) is 13.8 Å². The van der Waals surface area contributed by atoms with Crippen LogP contribution in [0.5, 0.6) is 0 Å². The molecule has 1 saturated heterocycles. The second kappa shape index (κ2) is 10.3. The molecule has 0 aliphatic carbocycles. The van der Waals surface area contributed by atoms with Gasteiger partial charge in [-0.2, -0.15) is 5.10 Å². The summed E-state index contributed by atoms with van der Waals surface area (Å²) in [5.74, 6) is 1.18. The van der Waals surface area contributed by atoms with Crippen molar-refractivity contribution in [1.29, 1.82) is 0 Å². The van der Waals surface area contributed by atoms with E-state index in [1.807, 2.05) is 0 Å². The van der Waals surface area contributed by atoms with Crippen LogP contribution in [0, 0.1) is 11.8 Å². The molecule has 2 N–H and O–H groups in total. The molecule has 2 aliphatic heterocycles. The van der Waals surface area contributed by atoms with Gasteiger partial charge in [0.15, 0.2) is 0 Å². The number of carbonyl (C=O) groups is 1. The lowest BCUT2D eigenvalue weighted by Gasteiger charge is -2.31. The SMILES string of the molecule is CCn1nc(CN2CCC(CNC(=O)NCCC(C)C)CC2)c2c1CCOC2. The van der Waals surface area contributed by atoms with E-state index in [-0.39, 0.29) is 6.03 Å². The number of likely N-dealkylation sites (tertiary alicyclic amines) is 1. The Kier molecular flexibility index (Phi) is 7.73. The summed E-state index contributed by atoms with van der Waals surface area (Å²) >= 11 is 0. The van der Waals surface area contributed by atoms with Crippen LogP contribution in [0.4, 0.5) is 4.79 Å². The third kappa shape index (κ3) is 5.70. The van der Waals surface area contributed by atoms with Gasteiger partial charge in [-0.3, -0.25) is 9.58 Å². The zero-order valence-electron chi connectivity index (χ0n) is 17.8. The summed E-state index contributed by atoms with van der Waals surface area (Å²) in [6.45, 7) is 13.5. The molecule has 7 heteroatoms. The van der Waals surface area contributed by atoms with Crippen LogP contribution in [0.3, 0.4) is 0 Å². The van der Waals surface area contributed by atoms with E-state index >= 15 is 0 Å². The number of ether oxygens (including phenoxy) is 1. The number of hydrogen-bond donors (Lipinski definition) is 2. The first kappa shape index (κ1) is 21.1. The van der Waals surface area contributed by atoms with Gasteiger partial charge in [-0.25, -0.2) is 4.79 Å². The molecule has 2 aliphatic rings. The normalized spacial score (nSPS) is 18.3. The third-order valence-electron chi connectivity index (χ3n) is 5.92. The van der Waals surface area contributed by atoms with Gasteiger partial charge < -0.3 is 15.4 Å². The highest BCUT2D eigenvalue weighted by Gasteiger charge is 2.25. The molecule has 2 amide bonds. The molecule has 158 valence electrons. The van der Waals surface area contributed by atoms with Gasteiger partial charge in [0.2, 0.25) is 0 Å². The second-order valence-electron chi connectivity index (χ2n) is 8.53. The van der Waals surface area contributed by atoms with Gasteiger partial charge in [-0.15, -0.1) is 0 Å². The molecule has 0 saturated carbocycles. The number of fused-ring (bicyclic) bond motifs is 1. The minimum absolute atomic E-state index is 0.0280. The third-order valence-corrected chi connectivity index (χ3v) is 5.92. The number of urea groups is 1. The van der Waals surface area contributed by atoms with Crippen molar-refractivity contribution in [1.82, 2.24) is 25.3 Å². The number of aromatic nitrogens is 2. The van der Waals surface area contributed by atoms with E-state index in [9.17, 15) is 4.79 Å². The molecule has 28 heavy (non-hydrogen) atoms. The quantitative estimate of drug-likeness (QED) is 0.714. The van der Waals surface area contributed by atoms with E-state index in [0.717, 1.165) is 71.6 Å². The van der Waals surface area contributed by atoms with Gasteiger partial charge in [0.25, 0.3) is 0 Å². The Hall–Kier alpha value is -1.60. The fraction of sp³-hybridized carbons (Fsp3) is 0.810. The number of rotatable bonds is 8. The minimum atomic E-state index is -0.0280. The lowest BCUT2D eigenvalue weighted by atomic mass is 9.96. The summed E-state index contributed by atoms with van der Waals surface area (Å²) in [7, 11) is 0. The van der Waals surface area contributed by atoms with Crippen LogP contribution in [0.25, 0.3) is 0 Å². The molecule has 0 unspecified atom stereocenters. The van der Waals surface area contributed by atoms with E-state index in [1.54, 1.807) is 0 Å². The van der Waals surface area contributed by atoms with Crippen molar-refractivity contribution >= 4 is 6.03 Å². The van der Waals surface area contributed by atoms with E-state index in [4.69, 9.17) is 9.84 Å². The van der Waals surface area contributed by atoms with Gasteiger partial charge in [0.05, 0.1) is 18.9 Å². The molecule has 7 nitrogen and oxygen atoms in total. The molecule has 0 atom stereocenters. The molecule has 1 aromatic rings. The average molecular weight is 392 g/mol. The van der Waals surface area contributed by atoms with E-state index in [0.29, 0.717) is 18.4 Å². The highest BCUT2D eigenvalue weighted by Crippen LogP contribution is 2.24. The number of aryl methyl sites for hydroxylation is 1. The van der Waals surface area contributed by atoms with Crippen molar-refractivity contribution in [3.05, 3.63) is 17.0 Å². The van der Waals surface area contributed by atoms with Gasteiger partial charge in [0, 0.05) is 43.9 Å². The molecule has 0 radical (unpaired) electrons. The Morgan fingerprint density at radius 3 is 2.79 bits per heavy atom. The number of hydrogen-bond acceptors (Lipinski definition) is 4. The van der Waals surface area contributed by atoms with Crippen LogP contribution in [0.15, 0.2) is 0 Å². The number of amides is 2. The molecule has 0 spiro atoms.